The van der Waals surface area contributed by atoms with Gasteiger partial charge in [0.05, 0.1) is 7.11 Å². The first kappa shape index (κ1) is 22.0. The molecule has 1 aliphatic heterocycles. The van der Waals surface area contributed by atoms with Crippen LogP contribution in [0.1, 0.15) is 44.1 Å². The number of hydrogen-bond donors (Lipinski definition) is 3. The maximum absolute atomic E-state index is 11.4. The highest BCUT2D eigenvalue weighted by atomic mass is 19.4. The molecule has 0 aromatic heterocycles. The number of methoxy groups -OCH3 is 1. The number of ether oxygens (including phenoxy) is 1. The number of amides is 1. The Morgan fingerprint density at radius 1 is 1.25 bits per heavy atom. The van der Waals surface area contributed by atoms with Crippen molar-refractivity contribution >= 4 is 11.9 Å². The lowest BCUT2D eigenvalue weighted by molar-refractivity contribution is -0.192. The van der Waals surface area contributed by atoms with Crippen LogP contribution < -0.4 is 15.4 Å². The summed E-state index contributed by atoms with van der Waals surface area (Å²) in [6.07, 6.45) is 1.17. The zero-order valence-corrected chi connectivity index (χ0v) is 15.6. The Kier molecular flexibility index (Phi) is 7.29. The summed E-state index contributed by atoms with van der Waals surface area (Å²) >= 11 is 0. The molecule has 1 aromatic rings. The summed E-state index contributed by atoms with van der Waals surface area (Å²) in [5.41, 5.74) is 1.40. The van der Waals surface area contributed by atoms with Gasteiger partial charge in [0.25, 0.3) is 0 Å². The van der Waals surface area contributed by atoms with Crippen molar-refractivity contribution in [1.29, 1.82) is 0 Å². The van der Waals surface area contributed by atoms with Gasteiger partial charge in [-0.05, 0) is 49.8 Å². The molecule has 6 nitrogen and oxygen atoms in total. The van der Waals surface area contributed by atoms with E-state index < -0.39 is 12.1 Å². The third kappa shape index (κ3) is 6.40. The first-order chi connectivity index (χ1) is 13.1. The van der Waals surface area contributed by atoms with E-state index in [1.54, 1.807) is 7.11 Å². The number of benzene rings is 1. The number of alkyl halides is 3. The van der Waals surface area contributed by atoms with E-state index in [1.807, 2.05) is 12.1 Å². The van der Waals surface area contributed by atoms with Gasteiger partial charge in [-0.3, -0.25) is 4.79 Å². The van der Waals surface area contributed by atoms with Gasteiger partial charge in [-0.2, -0.15) is 13.2 Å². The number of carbonyl (C=O) groups is 2. The average molecular weight is 402 g/mol. The molecule has 1 saturated carbocycles. The molecule has 2 fully saturated rings. The van der Waals surface area contributed by atoms with Gasteiger partial charge in [0.1, 0.15) is 5.75 Å². The normalized spacial score (nSPS) is 24.3. The molecule has 1 aliphatic carbocycles. The monoisotopic (exact) mass is 402 g/mol. The van der Waals surface area contributed by atoms with E-state index in [1.165, 1.54) is 5.56 Å². The Bertz CT molecular complexity index is 669. The molecule has 1 heterocycles. The number of carbonyl (C=O) groups excluding carboxylic acids is 1. The molecule has 1 amide bonds. The number of carboxylic acid groups (broad SMARTS) is 1. The molecule has 28 heavy (non-hydrogen) atoms. The maximum atomic E-state index is 11.4. The quantitative estimate of drug-likeness (QED) is 0.721. The Labute approximate surface area is 161 Å². The number of nitrogens with one attached hydrogen (secondary N) is 2. The van der Waals surface area contributed by atoms with E-state index >= 15 is 0 Å². The standard InChI is InChI=1S/C17H24N2O2.C2HF3O2/c1-21-15-4-2-13(3-5-15)12-18-14-6-9-17(10-7-14)11-8-16(20)19-17;3-2(4,5)1(6)7/h2-5,14,18H,6-12H2,1H3,(H,19,20);(H,6,7). The highest BCUT2D eigenvalue weighted by Crippen LogP contribution is 2.35. The molecule has 0 bridgehead atoms. The van der Waals surface area contributed by atoms with E-state index in [-0.39, 0.29) is 11.4 Å². The molecule has 0 unspecified atom stereocenters. The fourth-order valence-electron chi connectivity index (χ4n) is 3.53. The second-order valence-electron chi connectivity index (χ2n) is 7.13. The summed E-state index contributed by atoms with van der Waals surface area (Å²) in [6.45, 7) is 0.897. The molecule has 156 valence electrons. The van der Waals surface area contributed by atoms with Crippen LogP contribution in [0.3, 0.4) is 0 Å². The first-order valence-electron chi connectivity index (χ1n) is 9.11. The summed E-state index contributed by atoms with van der Waals surface area (Å²) in [4.78, 5) is 20.3. The number of halogens is 3. The van der Waals surface area contributed by atoms with Gasteiger partial charge in [0.2, 0.25) is 5.91 Å². The summed E-state index contributed by atoms with van der Waals surface area (Å²) in [7, 11) is 1.69. The predicted molar refractivity (Wildman–Crippen MR) is 95.9 cm³/mol. The van der Waals surface area contributed by atoms with E-state index in [9.17, 15) is 18.0 Å². The fourth-order valence-corrected chi connectivity index (χ4v) is 3.53. The largest absolute Gasteiger partial charge is 0.497 e. The average Bonchev–Trinajstić information content (AvgIpc) is 3.02. The van der Waals surface area contributed by atoms with Crippen LogP contribution in [0, 0.1) is 0 Å². The van der Waals surface area contributed by atoms with Gasteiger partial charge in [-0.1, -0.05) is 12.1 Å². The van der Waals surface area contributed by atoms with Crippen molar-refractivity contribution in [2.75, 3.05) is 7.11 Å². The highest BCUT2D eigenvalue weighted by molar-refractivity contribution is 5.79. The number of hydrogen-bond acceptors (Lipinski definition) is 4. The second kappa shape index (κ2) is 9.27. The first-order valence-corrected chi connectivity index (χ1v) is 9.11. The summed E-state index contributed by atoms with van der Waals surface area (Å²) in [6, 6.07) is 8.78. The molecule has 3 rings (SSSR count). The third-order valence-electron chi connectivity index (χ3n) is 5.17. The Morgan fingerprint density at radius 3 is 2.25 bits per heavy atom. The van der Waals surface area contributed by atoms with Crippen molar-refractivity contribution in [3.05, 3.63) is 29.8 Å². The SMILES string of the molecule is COc1ccc(CNC2CCC3(CCC(=O)N3)CC2)cc1.O=C(O)C(F)(F)F. The number of aliphatic carboxylic acids is 1. The minimum atomic E-state index is -5.08. The van der Waals surface area contributed by atoms with Gasteiger partial charge < -0.3 is 20.5 Å². The van der Waals surface area contributed by atoms with Crippen molar-refractivity contribution in [2.45, 2.75) is 62.8 Å². The predicted octanol–water partition coefficient (Wildman–Crippen LogP) is 3.01. The van der Waals surface area contributed by atoms with Gasteiger partial charge in [0, 0.05) is 24.5 Å². The van der Waals surface area contributed by atoms with Gasteiger partial charge >= 0.3 is 12.1 Å². The van der Waals surface area contributed by atoms with Crippen LogP contribution in [0.15, 0.2) is 24.3 Å². The van der Waals surface area contributed by atoms with Gasteiger partial charge in [0.15, 0.2) is 0 Å². The van der Waals surface area contributed by atoms with E-state index in [2.05, 4.69) is 22.8 Å². The lowest BCUT2D eigenvalue weighted by Crippen LogP contribution is -2.47. The van der Waals surface area contributed by atoms with E-state index in [4.69, 9.17) is 14.6 Å². The zero-order valence-electron chi connectivity index (χ0n) is 15.6. The topological polar surface area (TPSA) is 87.7 Å². The number of carboxylic acids is 1. The van der Waals surface area contributed by atoms with Crippen molar-refractivity contribution in [1.82, 2.24) is 10.6 Å². The molecular formula is C19H25F3N2O4. The molecular weight excluding hydrogens is 377 g/mol. The smallest absolute Gasteiger partial charge is 0.490 e. The van der Waals surface area contributed by atoms with E-state index in [0.717, 1.165) is 44.4 Å². The van der Waals surface area contributed by atoms with Gasteiger partial charge in [-0.25, -0.2) is 4.79 Å². The molecule has 2 aliphatic rings. The van der Waals surface area contributed by atoms with Crippen molar-refractivity contribution in [2.24, 2.45) is 0 Å². The van der Waals surface area contributed by atoms with Crippen LogP contribution in [0.4, 0.5) is 13.2 Å². The Morgan fingerprint density at radius 2 is 1.82 bits per heavy atom. The lowest BCUT2D eigenvalue weighted by Gasteiger charge is -2.37. The van der Waals surface area contributed by atoms with Crippen LogP contribution in [0.5, 0.6) is 5.75 Å². The minimum absolute atomic E-state index is 0.120. The van der Waals surface area contributed by atoms with Crippen LogP contribution in [0.2, 0.25) is 0 Å². The third-order valence-corrected chi connectivity index (χ3v) is 5.17. The maximum Gasteiger partial charge on any atom is 0.490 e. The molecule has 0 atom stereocenters. The minimum Gasteiger partial charge on any atom is -0.497 e. The Hall–Kier alpha value is -2.29. The van der Waals surface area contributed by atoms with Crippen molar-refractivity contribution in [3.63, 3.8) is 0 Å². The summed E-state index contributed by atoms with van der Waals surface area (Å²) in [5.74, 6) is -1.62. The molecule has 1 spiro atoms. The molecule has 1 saturated heterocycles. The second-order valence-corrected chi connectivity index (χ2v) is 7.13. The lowest BCUT2D eigenvalue weighted by atomic mass is 9.78. The van der Waals surface area contributed by atoms with Crippen LogP contribution >= 0.6 is 0 Å². The molecule has 1 aromatic carbocycles. The van der Waals surface area contributed by atoms with Crippen molar-refractivity contribution in [3.8, 4) is 5.75 Å². The number of rotatable bonds is 4. The van der Waals surface area contributed by atoms with Crippen molar-refractivity contribution < 1.29 is 32.6 Å². The van der Waals surface area contributed by atoms with Crippen LogP contribution in [0.25, 0.3) is 0 Å². The molecule has 3 N–H and O–H groups in total. The summed E-state index contributed by atoms with van der Waals surface area (Å²) in [5, 5.41) is 14.0. The zero-order chi connectivity index (χ0) is 20.8. The highest BCUT2D eigenvalue weighted by Gasteiger charge is 2.40. The molecule has 9 heteroatoms. The Balaban J connectivity index is 0.000000345. The summed E-state index contributed by atoms with van der Waals surface area (Å²) < 4.78 is 36.9. The molecule has 0 radical (unpaired) electrons. The van der Waals surface area contributed by atoms with Crippen LogP contribution in [-0.2, 0) is 16.1 Å². The van der Waals surface area contributed by atoms with Crippen LogP contribution in [-0.4, -0.2) is 41.8 Å². The van der Waals surface area contributed by atoms with Gasteiger partial charge in [-0.15, -0.1) is 0 Å². The van der Waals surface area contributed by atoms with E-state index in [0.29, 0.717) is 12.5 Å². The fraction of sp³-hybridized carbons (Fsp3) is 0.579.